The molecule has 0 saturated heterocycles. The van der Waals surface area contributed by atoms with Crippen molar-refractivity contribution in [1.29, 1.82) is 0 Å². The number of carbonyl (C=O) groups is 1. The van der Waals surface area contributed by atoms with E-state index in [-0.39, 0.29) is 11.8 Å². The van der Waals surface area contributed by atoms with Gasteiger partial charge in [0.25, 0.3) is 5.91 Å². The molecule has 124 valence electrons. The summed E-state index contributed by atoms with van der Waals surface area (Å²) in [7, 11) is 3.84. The van der Waals surface area contributed by atoms with Crippen LogP contribution in [0.15, 0.2) is 42.6 Å². The lowest BCUT2D eigenvalue weighted by Crippen LogP contribution is -2.27. The van der Waals surface area contributed by atoms with Crippen LogP contribution in [0.25, 0.3) is 10.2 Å². The minimum absolute atomic E-state index is 0.110. The fourth-order valence-electron chi connectivity index (χ4n) is 2.32. The van der Waals surface area contributed by atoms with Crippen LogP contribution in [0.5, 0.6) is 0 Å². The fraction of sp³-hybridized carbons (Fsp3) is 0.278. The third kappa shape index (κ3) is 3.54. The van der Waals surface area contributed by atoms with E-state index >= 15 is 0 Å². The predicted molar refractivity (Wildman–Crippen MR) is 98.9 cm³/mol. The van der Waals surface area contributed by atoms with Gasteiger partial charge in [0, 0.05) is 32.8 Å². The molecular weight excluding hydrogens is 320 g/mol. The SMILES string of the molecule is CC(CNC(=O)c1ccc(N(C)C)nc1)c1nc2ccccc2s1. The maximum Gasteiger partial charge on any atom is 0.252 e. The van der Waals surface area contributed by atoms with Crippen molar-refractivity contribution in [2.45, 2.75) is 12.8 Å². The Labute approximate surface area is 145 Å². The third-order valence-electron chi connectivity index (χ3n) is 3.77. The highest BCUT2D eigenvalue weighted by atomic mass is 32.1. The number of anilines is 1. The molecule has 0 radical (unpaired) electrons. The second-order valence-electron chi connectivity index (χ2n) is 5.93. The molecule has 3 rings (SSSR count). The monoisotopic (exact) mass is 340 g/mol. The van der Waals surface area contributed by atoms with Gasteiger partial charge in [0.1, 0.15) is 5.82 Å². The molecule has 0 aliphatic heterocycles. The Morgan fingerprint density at radius 2 is 2.04 bits per heavy atom. The lowest BCUT2D eigenvalue weighted by atomic mass is 10.2. The topological polar surface area (TPSA) is 58.1 Å². The van der Waals surface area contributed by atoms with Crippen molar-refractivity contribution in [2.75, 3.05) is 25.5 Å². The molecule has 1 aromatic carbocycles. The molecule has 0 spiro atoms. The standard InChI is InChI=1S/C18H20N4OS/c1-12(18-21-14-6-4-5-7-15(14)24-18)10-20-17(23)13-8-9-16(19-11-13)22(2)3/h4-9,11-12H,10H2,1-3H3,(H,20,23). The van der Waals surface area contributed by atoms with Crippen LogP contribution >= 0.6 is 11.3 Å². The summed E-state index contributed by atoms with van der Waals surface area (Å²) in [6.07, 6.45) is 1.60. The number of thiazole rings is 1. The molecule has 0 saturated carbocycles. The van der Waals surface area contributed by atoms with E-state index < -0.39 is 0 Å². The first-order chi connectivity index (χ1) is 11.5. The fourth-order valence-corrected chi connectivity index (χ4v) is 3.34. The quantitative estimate of drug-likeness (QED) is 0.774. The molecule has 0 fully saturated rings. The van der Waals surface area contributed by atoms with E-state index in [1.807, 2.05) is 43.3 Å². The van der Waals surface area contributed by atoms with Crippen LogP contribution in [0, 0.1) is 0 Å². The third-order valence-corrected chi connectivity index (χ3v) is 5.04. The number of fused-ring (bicyclic) bond motifs is 1. The number of nitrogens with one attached hydrogen (secondary N) is 1. The molecule has 5 nitrogen and oxygen atoms in total. The summed E-state index contributed by atoms with van der Waals surface area (Å²) in [6, 6.07) is 11.7. The molecule has 2 heterocycles. The number of para-hydroxylation sites is 1. The first-order valence-corrected chi connectivity index (χ1v) is 8.63. The van der Waals surface area contributed by atoms with E-state index in [4.69, 9.17) is 0 Å². The van der Waals surface area contributed by atoms with Gasteiger partial charge in [-0.05, 0) is 24.3 Å². The van der Waals surface area contributed by atoms with Crippen LogP contribution in [0.4, 0.5) is 5.82 Å². The van der Waals surface area contributed by atoms with Gasteiger partial charge in [-0.1, -0.05) is 19.1 Å². The van der Waals surface area contributed by atoms with Crippen LogP contribution < -0.4 is 10.2 Å². The zero-order chi connectivity index (χ0) is 17.1. The van der Waals surface area contributed by atoms with Gasteiger partial charge in [-0.25, -0.2) is 9.97 Å². The van der Waals surface area contributed by atoms with Crippen LogP contribution in [0.2, 0.25) is 0 Å². The number of amides is 1. The predicted octanol–water partition coefficient (Wildman–Crippen LogP) is 3.29. The van der Waals surface area contributed by atoms with E-state index in [2.05, 4.69) is 28.3 Å². The highest BCUT2D eigenvalue weighted by Gasteiger charge is 2.14. The van der Waals surface area contributed by atoms with Gasteiger partial charge < -0.3 is 10.2 Å². The van der Waals surface area contributed by atoms with E-state index in [1.165, 1.54) is 4.70 Å². The highest BCUT2D eigenvalue weighted by molar-refractivity contribution is 7.18. The Morgan fingerprint density at radius 3 is 2.71 bits per heavy atom. The lowest BCUT2D eigenvalue weighted by Gasteiger charge is -2.12. The number of benzene rings is 1. The summed E-state index contributed by atoms with van der Waals surface area (Å²) in [5.74, 6) is 0.885. The number of aromatic nitrogens is 2. The Morgan fingerprint density at radius 1 is 1.25 bits per heavy atom. The van der Waals surface area contributed by atoms with Gasteiger partial charge >= 0.3 is 0 Å². The Hall–Kier alpha value is -2.47. The first-order valence-electron chi connectivity index (χ1n) is 7.81. The van der Waals surface area contributed by atoms with Crippen LogP contribution in [-0.4, -0.2) is 36.5 Å². The van der Waals surface area contributed by atoms with Crippen molar-refractivity contribution < 1.29 is 4.79 Å². The molecule has 6 heteroatoms. The van der Waals surface area contributed by atoms with E-state index in [1.54, 1.807) is 23.6 Å². The summed E-state index contributed by atoms with van der Waals surface area (Å²) in [5.41, 5.74) is 1.58. The molecule has 0 aliphatic rings. The summed E-state index contributed by atoms with van der Waals surface area (Å²) in [4.78, 5) is 23.1. The highest BCUT2D eigenvalue weighted by Crippen LogP contribution is 2.26. The molecule has 24 heavy (non-hydrogen) atoms. The van der Waals surface area contributed by atoms with E-state index in [9.17, 15) is 4.79 Å². The Balaban J connectivity index is 1.62. The molecule has 0 aliphatic carbocycles. The molecular formula is C18H20N4OS. The maximum absolute atomic E-state index is 12.3. The molecule has 0 bridgehead atoms. The zero-order valence-electron chi connectivity index (χ0n) is 14.0. The van der Waals surface area contributed by atoms with Crippen molar-refractivity contribution in [2.24, 2.45) is 0 Å². The maximum atomic E-state index is 12.3. The largest absolute Gasteiger partial charge is 0.363 e. The minimum atomic E-state index is -0.110. The average molecular weight is 340 g/mol. The molecule has 1 N–H and O–H groups in total. The summed E-state index contributed by atoms with van der Waals surface area (Å²) in [6.45, 7) is 2.62. The number of hydrogen-bond acceptors (Lipinski definition) is 5. The molecule has 1 atom stereocenters. The molecule has 1 unspecified atom stereocenters. The van der Waals surface area contributed by atoms with Crippen LogP contribution in [-0.2, 0) is 0 Å². The van der Waals surface area contributed by atoms with Gasteiger partial charge in [0.2, 0.25) is 0 Å². The molecule has 1 amide bonds. The normalized spacial score (nSPS) is 12.1. The van der Waals surface area contributed by atoms with Crippen molar-refractivity contribution in [3.05, 3.63) is 53.2 Å². The van der Waals surface area contributed by atoms with Crippen LogP contribution in [0.1, 0.15) is 28.2 Å². The second kappa shape index (κ2) is 6.97. The van der Waals surface area contributed by atoms with Crippen molar-refractivity contribution in [1.82, 2.24) is 15.3 Å². The van der Waals surface area contributed by atoms with Crippen molar-refractivity contribution in [3.63, 3.8) is 0 Å². The van der Waals surface area contributed by atoms with Gasteiger partial charge in [-0.2, -0.15) is 0 Å². The lowest BCUT2D eigenvalue weighted by molar-refractivity contribution is 0.0951. The van der Waals surface area contributed by atoms with Crippen molar-refractivity contribution >= 4 is 33.3 Å². The summed E-state index contributed by atoms with van der Waals surface area (Å²) < 4.78 is 1.18. The van der Waals surface area contributed by atoms with Gasteiger partial charge in [-0.3, -0.25) is 4.79 Å². The number of carbonyl (C=O) groups excluding carboxylic acids is 1. The number of nitrogens with zero attached hydrogens (tertiary/aromatic N) is 3. The number of hydrogen-bond donors (Lipinski definition) is 1. The average Bonchev–Trinajstić information content (AvgIpc) is 3.03. The summed E-state index contributed by atoms with van der Waals surface area (Å²) in [5, 5.41) is 4.00. The van der Waals surface area contributed by atoms with E-state index in [0.29, 0.717) is 12.1 Å². The summed E-state index contributed by atoms with van der Waals surface area (Å²) >= 11 is 1.68. The number of pyridine rings is 1. The Bertz CT molecular complexity index is 809. The molecule has 2 aromatic heterocycles. The van der Waals surface area contributed by atoms with E-state index in [0.717, 1.165) is 16.3 Å². The minimum Gasteiger partial charge on any atom is -0.363 e. The van der Waals surface area contributed by atoms with Crippen LogP contribution in [0.3, 0.4) is 0 Å². The van der Waals surface area contributed by atoms with Gasteiger partial charge in [0.15, 0.2) is 0 Å². The smallest absolute Gasteiger partial charge is 0.252 e. The molecule has 3 aromatic rings. The number of rotatable bonds is 5. The van der Waals surface area contributed by atoms with Gasteiger partial charge in [0.05, 0.1) is 20.8 Å². The van der Waals surface area contributed by atoms with Gasteiger partial charge in [-0.15, -0.1) is 11.3 Å². The first kappa shape index (κ1) is 16.4. The Kier molecular flexibility index (Phi) is 4.76. The van der Waals surface area contributed by atoms with Crippen molar-refractivity contribution in [3.8, 4) is 0 Å². The zero-order valence-corrected chi connectivity index (χ0v) is 14.8. The second-order valence-corrected chi connectivity index (χ2v) is 6.99.